The molecule has 220 valence electrons. The van der Waals surface area contributed by atoms with Crippen LogP contribution in [0, 0.1) is 5.82 Å². The number of hydrogen-bond donors (Lipinski definition) is 0. The third kappa shape index (κ3) is 5.33. The third-order valence-electron chi connectivity index (χ3n) is 6.83. The fraction of sp³-hybridized carbons (Fsp3) is 0.286. The van der Waals surface area contributed by atoms with Gasteiger partial charge in [-0.2, -0.15) is 13.2 Å². The number of carbonyl (C=O) groups is 3. The zero-order valence-corrected chi connectivity index (χ0v) is 23.0. The number of carbonyl (C=O) groups excluding carboxylic acids is 3. The molecule has 0 fully saturated rings. The molecule has 3 heterocycles. The van der Waals surface area contributed by atoms with Gasteiger partial charge in [-0.3, -0.25) is 28.9 Å². The van der Waals surface area contributed by atoms with Crippen LogP contribution in [0.5, 0.6) is 5.75 Å². The molecule has 0 saturated heterocycles. The molecule has 14 heteroatoms. The molecule has 1 aromatic heterocycles. The largest absolute Gasteiger partial charge is 0.463 e. The van der Waals surface area contributed by atoms with Crippen LogP contribution in [-0.4, -0.2) is 52.9 Å². The molecule has 0 radical (unpaired) electrons. The Labute approximate surface area is 240 Å². The third-order valence-corrected chi connectivity index (χ3v) is 8.00. The second kappa shape index (κ2) is 11.2. The monoisotopic (exact) mass is 605 g/mol. The second-order valence-corrected chi connectivity index (χ2v) is 10.5. The number of hydrogen-bond acceptors (Lipinski definition) is 8. The standard InChI is InChI=1S/C28H23F4N3O6S/c1-15(36)40-12-22(28(30,31)32)33-14-35(34-11-10-21(38)25(41-16(2)37)24(34)27(33)39)23-18-7-4-3-6-17(18)13-42-26-19(23)8-5-9-20(26)29/h3-11,22-23H,12-14H2,1-2H3/t22?,23-/m0/s1. The molecule has 0 aliphatic carbocycles. The molecular weight excluding hydrogens is 582 g/mol. The summed E-state index contributed by atoms with van der Waals surface area (Å²) < 4.78 is 69.4. The highest BCUT2D eigenvalue weighted by Crippen LogP contribution is 2.44. The number of pyridine rings is 1. The van der Waals surface area contributed by atoms with E-state index in [0.717, 1.165) is 30.2 Å². The highest BCUT2D eigenvalue weighted by atomic mass is 32.2. The van der Waals surface area contributed by atoms with Crippen LogP contribution in [-0.2, 0) is 20.1 Å². The van der Waals surface area contributed by atoms with E-state index in [-0.39, 0.29) is 4.90 Å². The highest BCUT2D eigenvalue weighted by Gasteiger charge is 2.51. The number of benzene rings is 2. The Balaban J connectivity index is 1.79. The first-order valence-electron chi connectivity index (χ1n) is 12.6. The quantitative estimate of drug-likeness (QED) is 0.316. The molecule has 2 aliphatic rings. The van der Waals surface area contributed by atoms with E-state index < -0.39 is 72.1 Å². The number of rotatable bonds is 5. The maximum Gasteiger partial charge on any atom is 0.412 e. The lowest BCUT2D eigenvalue weighted by atomic mass is 9.94. The van der Waals surface area contributed by atoms with Crippen LogP contribution in [0.1, 0.15) is 47.1 Å². The molecule has 42 heavy (non-hydrogen) atoms. The van der Waals surface area contributed by atoms with Gasteiger partial charge < -0.3 is 14.4 Å². The minimum Gasteiger partial charge on any atom is -0.463 e. The first kappa shape index (κ1) is 29.2. The number of ether oxygens (including phenoxy) is 2. The van der Waals surface area contributed by atoms with Gasteiger partial charge in [-0.15, -0.1) is 11.8 Å². The minimum atomic E-state index is -5.07. The van der Waals surface area contributed by atoms with E-state index in [1.54, 1.807) is 24.3 Å². The van der Waals surface area contributed by atoms with Crippen LogP contribution >= 0.6 is 11.8 Å². The van der Waals surface area contributed by atoms with Gasteiger partial charge in [-0.1, -0.05) is 36.4 Å². The molecule has 1 unspecified atom stereocenters. The van der Waals surface area contributed by atoms with E-state index in [1.165, 1.54) is 35.1 Å². The second-order valence-electron chi connectivity index (χ2n) is 9.56. The first-order valence-corrected chi connectivity index (χ1v) is 13.6. The van der Waals surface area contributed by atoms with Gasteiger partial charge in [0.05, 0.1) is 6.04 Å². The van der Waals surface area contributed by atoms with Crippen LogP contribution in [0.2, 0.25) is 0 Å². The zero-order valence-electron chi connectivity index (χ0n) is 22.2. The fourth-order valence-electron chi connectivity index (χ4n) is 5.05. The molecule has 9 nitrogen and oxygen atoms in total. The van der Waals surface area contributed by atoms with Gasteiger partial charge >= 0.3 is 18.1 Å². The molecule has 5 rings (SSSR count). The molecule has 2 aromatic carbocycles. The highest BCUT2D eigenvalue weighted by molar-refractivity contribution is 7.98. The summed E-state index contributed by atoms with van der Waals surface area (Å²) in [5.74, 6) is -4.22. The number of thioether (sulfide) groups is 1. The number of aromatic nitrogens is 1. The molecular formula is C28H23F4N3O6S. The van der Waals surface area contributed by atoms with Gasteiger partial charge in [-0.05, 0) is 22.8 Å². The number of nitrogens with zero attached hydrogens (tertiary/aromatic N) is 3. The van der Waals surface area contributed by atoms with E-state index in [0.29, 0.717) is 21.8 Å². The normalized spacial score (nSPS) is 17.0. The molecule has 2 aliphatic heterocycles. The number of esters is 2. The van der Waals surface area contributed by atoms with Gasteiger partial charge in [0.15, 0.2) is 11.7 Å². The maximum atomic E-state index is 15.2. The molecule has 0 spiro atoms. The van der Waals surface area contributed by atoms with Crippen molar-refractivity contribution >= 4 is 29.6 Å². The van der Waals surface area contributed by atoms with Gasteiger partial charge in [-0.25, -0.2) is 4.39 Å². The van der Waals surface area contributed by atoms with E-state index in [4.69, 9.17) is 4.74 Å². The van der Waals surface area contributed by atoms with Crippen molar-refractivity contribution in [3.63, 3.8) is 0 Å². The minimum absolute atomic E-state index is 0.261. The fourth-order valence-corrected chi connectivity index (χ4v) is 6.17. The Morgan fingerprint density at radius 1 is 1.02 bits per heavy atom. The van der Waals surface area contributed by atoms with Crippen LogP contribution in [0.15, 0.2) is 64.4 Å². The van der Waals surface area contributed by atoms with E-state index in [2.05, 4.69) is 4.74 Å². The summed E-state index contributed by atoms with van der Waals surface area (Å²) in [7, 11) is 0. The summed E-state index contributed by atoms with van der Waals surface area (Å²) in [6, 6.07) is 8.85. The molecule has 0 bridgehead atoms. The smallest absolute Gasteiger partial charge is 0.412 e. The Morgan fingerprint density at radius 3 is 2.43 bits per heavy atom. The average Bonchev–Trinajstić information content (AvgIpc) is 3.08. The number of amides is 1. The van der Waals surface area contributed by atoms with Gasteiger partial charge in [0.25, 0.3) is 5.91 Å². The molecule has 0 N–H and O–H groups in total. The molecule has 2 atom stereocenters. The van der Waals surface area contributed by atoms with E-state index in [1.807, 2.05) is 6.07 Å². The summed E-state index contributed by atoms with van der Waals surface area (Å²) in [6.45, 7) is -0.0413. The molecule has 0 saturated carbocycles. The summed E-state index contributed by atoms with van der Waals surface area (Å²) in [4.78, 5) is 50.7. The van der Waals surface area contributed by atoms with Crippen molar-refractivity contribution in [2.75, 3.05) is 18.3 Å². The van der Waals surface area contributed by atoms with Crippen molar-refractivity contribution in [3.05, 3.63) is 93.2 Å². The van der Waals surface area contributed by atoms with Crippen molar-refractivity contribution in [3.8, 4) is 5.75 Å². The lowest BCUT2D eigenvalue weighted by molar-refractivity contribution is -0.192. The molecule has 1 amide bonds. The summed E-state index contributed by atoms with van der Waals surface area (Å²) in [5, 5.41) is 1.36. The Morgan fingerprint density at radius 2 is 1.74 bits per heavy atom. The van der Waals surface area contributed by atoms with Gasteiger partial charge in [0.2, 0.25) is 11.2 Å². The predicted octanol–water partition coefficient (Wildman–Crippen LogP) is 4.15. The van der Waals surface area contributed by atoms with Crippen LogP contribution in [0.25, 0.3) is 0 Å². The van der Waals surface area contributed by atoms with E-state index in [9.17, 15) is 32.3 Å². The Kier molecular flexibility index (Phi) is 7.75. The average molecular weight is 606 g/mol. The van der Waals surface area contributed by atoms with Gasteiger partial charge in [0.1, 0.15) is 19.1 Å². The van der Waals surface area contributed by atoms with Gasteiger partial charge in [0, 0.05) is 36.8 Å². The van der Waals surface area contributed by atoms with Crippen molar-refractivity contribution in [1.29, 1.82) is 0 Å². The lowest BCUT2D eigenvalue weighted by Gasteiger charge is -2.46. The summed E-state index contributed by atoms with van der Waals surface area (Å²) in [5.41, 5.74) is 0.223. The SMILES string of the molecule is CC(=O)OCC(N1CN([C@H]2c3ccccc3CSc3c(F)cccc32)n2ccc(=O)c(OC(C)=O)c2C1=O)C(F)(F)F. The van der Waals surface area contributed by atoms with Crippen LogP contribution < -0.4 is 15.2 Å². The Hall–Kier alpha value is -4.33. The van der Waals surface area contributed by atoms with E-state index >= 15 is 4.39 Å². The zero-order chi connectivity index (χ0) is 30.3. The number of fused-ring (bicyclic) bond motifs is 3. The summed E-state index contributed by atoms with van der Waals surface area (Å²) in [6.07, 6.45) is -3.88. The van der Waals surface area contributed by atoms with Crippen LogP contribution in [0.3, 0.4) is 0 Å². The van der Waals surface area contributed by atoms with Crippen molar-refractivity contribution < 1.29 is 41.4 Å². The number of halogens is 4. The van der Waals surface area contributed by atoms with Crippen molar-refractivity contribution in [1.82, 2.24) is 9.58 Å². The maximum absolute atomic E-state index is 15.2. The topological polar surface area (TPSA) is 98.2 Å². The van der Waals surface area contributed by atoms with Crippen molar-refractivity contribution in [2.45, 2.75) is 42.8 Å². The van der Waals surface area contributed by atoms with Crippen LogP contribution in [0.4, 0.5) is 17.6 Å². The number of alkyl halides is 3. The van der Waals surface area contributed by atoms with Crippen molar-refractivity contribution in [2.24, 2.45) is 0 Å². The molecule has 3 aromatic rings. The predicted molar refractivity (Wildman–Crippen MR) is 142 cm³/mol. The summed E-state index contributed by atoms with van der Waals surface area (Å²) >= 11 is 1.22. The Bertz CT molecular complexity index is 1640. The first-order chi connectivity index (χ1) is 19.9. The lowest BCUT2D eigenvalue weighted by Crippen LogP contribution is -2.62.